The second kappa shape index (κ2) is 12.8. The van der Waals surface area contributed by atoms with E-state index in [9.17, 15) is 0 Å². The molecule has 0 atom stereocenters. The van der Waals surface area contributed by atoms with E-state index in [1.807, 2.05) is 0 Å². The summed E-state index contributed by atoms with van der Waals surface area (Å²) >= 11 is 0. The normalized spacial score (nSPS) is 16.6. The zero-order valence-electron chi connectivity index (χ0n) is 16.3. The molecule has 0 fully saturated rings. The van der Waals surface area contributed by atoms with Gasteiger partial charge in [-0.2, -0.15) is 0 Å². The minimum atomic E-state index is 1.23. The maximum absolute atomic E-state index is 2.49. The molecule has 0 spiro atoms. The summed E-state index contributed by atoms with van der Waals surface area (Å²) in [6.07, 6.45) is 24.0. The molecule has 1 heteroatoms. The Hall–Kier alpha value is -0.560. The Morgan fingerprint density at radius 3 is 1.70 bits per heavy atom. The predicted molar refractivity (Wildman–Crippen MR) is 105 cm³/mol. The van der Waals surface area contributed by atoms with Gasteiger partial charge in [0.05, 0.1) is 19.3 Å². The minimum Gasteiger partial charge on any atom is -0.294 e. The van der Waals surface area contributed by atoms with Crippen molar-refractivity contribution in [3.63, 3.8) is 0 Å². The van der Waals surface area contributed by atoms with E-state index in [4.69, 9.17) is 0 Å². The van der Waals surface area contributed by atoms with E-state index < -0.39 is 0 Å². The first-order valence-electron chi connectivity index (χ1n) is 10.4. The van der Waals surface area contributed by atoms with Gasteiger partial charge in [0.1, 0.15) is 6.54 Å². The van der Waals surface area contributed by atoms with E-state index in [2.05, 4.69) is 39.1 Å². The zero-order chi connectivity index (χ0) is 16.8. The molecule has 0 aromatic rings. The van der Waals surface area contributed by atoms with Crippen molar-refractivity contribution in [2.45, 2.75) is 97.8 Å². The van der Waals surface area contributed by atoms with Crippen molar-refractivity contribution in [2.75, 3.05) is 19.6 Å². The highest BCUT2D eigenvalue weighted by molar-refractivity contribution is 5.12. The third kappa shape index (κ3) is 9.35. The molecule has 0 bridgehead atoms. The monoisotopic (exact) mass is 320 g/mol. The van der Waals surface area contributed by atoms with E-state index in [0.29, 0.717) is 0 Å². The Labute approximate surface area is 146 Å². The fraction of sp³-hybridized carbons (Fsp3) is 0.818. The van der Waals surface area contributed by atoms with Gasteiger partial charge < -0.3 is 0 Å². The molecule has 1 aliphatic heterocycles. The summed E-state index contributed by atoms with van der Waals surface area (Å²) in [6.45, 7) is 10.9. The van der Waals surface area contributed by atoms with E-state index >= 15 is 0 Å². The average Bonchev–Trinajstić information content (AvgIpc) is 2.54. The minimum absolute atomic E-state index is 1.23. The number of hydrogen-bond donors (Lipinski definition) is 0. The van der Waals surface area contributed by atoms with E-state index in [1.165, 1.54) is 101 Å². The maximum atomic E-state index is 2.49. The predicted octanol–water partition coefficient (Wildman–Crippen LogP) is 7.00. The molecule has 0 radical (unpaired) electrons. The molecular formula is C22H42N+. The van der Waals surface area contributed by atoms with Crippen LogP contribution in [0.3, 0.4) is 0 Å². The Morgan fingerprint density at radius 1 is 0.739 bits per heavy atom. The summed E-state index contributed by atoms with van der Waals surface area (Å²) in [5, 5.41) is 0. The lowest BCUT2D eigenvalue weighted by Gasteiger charge is -2.37. The number of allylic oxidation sites excluding steroid dienone is 2. The molecular weight excluding hydrogens is 278 g/mol. The number of hydrogen-bond acceptors (Lipinski definition) is 0. The van der Waals surface area contributed by atoms with Gasteiger partial charge in [-0.15, -0.1) is 0 Å². The van der Waals surface area contributed by atoms with Crippen LogP contribution in [-0.4, -0.2) is 24.1 Å². The van der Waals surface area contributed by atoms with Crippen LogP contribution in [0.15, 0.2) is 23.9 Å². The molecule has 0 unspecified atom stereocenters. The summed E-state index contributed by atoms with van der Waals surface area (Å²) in [7, 11) is 0. The topological polar surface area (TPSA) is 0 Å². The summed E-state index contributed by atoms with van der Waals surface area (Å²) in [6, 6.07) is 0. The fourth-order valence-electron chi connectivity index (χ4n) is 3.83. The van der Waals surface area contributed by atoms with E-state index in [1.54, 1.807) is 5.57 Å². The van der Waals surface area contributed by atoms with Gasteiger partial charge in [-0.3, -0.25) is 4.48 Å². The molecule has 0 amide bonds. The highest BCUT2D eigenvalue weighted by Crippen LogP contribution is 2.21. The highest BCUT2D eigenvalue weighted by atomic mass is 15.3. The van der Waals surface area contributed by atoms with Crippen LogP contribution in [0.25, 0.3) is 0 Å². The number of nitrogens with zero attached hydrogens (tertiary/aromatic N) is 1. The Bertz CT molecular complexity index is 324. The first-order chi connectivity index (χ1) is 11.2. The number of quaternary nitrogens is 1. The lowest BCUT2D eigenvalue weighted by Crippen LogP contribution is -2.46. The molecule has 1 nitrogen and oxygen atoms in total. The van der Waals surface area contributed by atoms with Crippen LogP contribution < -0.4 is 0 Å². The van der Waals surface area contributed by atoms with Gasteiger partial charge in [0.15, 0.2) is 0 Å². The lowest BCUT2D eigenvalue weighted by atomic mass is 10.1. The van der Waals surface area contributed by atoms with E-state index in [0.717, 1.165) is 0 Å². The van der Waals surface area contributed by atoms with Crippen LogP contribution in [0.5, 0.6) is 0 Å². The molecule has 0 N–H and O–H groups in total. The molecule has 1 rings (SSSR count). The van der Waals surface area contributed by atoms with Gasteiger partial charge in [-0.05, 0) is 44.3 Å². The van der Waals surface area contributed by atoms with Crippen molar-refractivity contribution in [3.8, 4) is 0 Å². The molecule has 0 saturated heterocycles. The first kappa shape index (κ1) is 20.5. The van der Waals surface area contributed by atoms with Crippen LogP contribution in [0.4, 0.5) is 0 Å². The summed E-state index contributed by atoms with van der Waals surface area (Å²) in [5.41, 5.74) is 1.56. The van der Waals surface area contributed by atoms with Gasteiger partial charge in [-0.25, -0.2) is 0 Å². The highest BCUT2D eigenvalue weighted by Gasteiger charge is 2.26. The van der Waals surface area contributed by atoms with Gasteiger partial charge in [-0.1, -0.05) is 71.3 Å². The van der Waals surface area contributed by atoms with Crippen LogP contribution >= 0.6 is 0 Å². The van der Waals surface area contributed by atoms with Crippen molar-refractivity contribution >= 4 is 0 Å². The first-order valence-corrected chi connectivity index (χ1v) is 10.4. The molecule has 134 valence electrons. The lowest BCUT2D eigenvalue weighted by molar-refractivity contribution is -0.876. The zero-order valence-corrected chi connectivity index (χ0v) is 16.3. The van der Waals surface area contributed by atoms with Crippen molar-refractivity contribution in [1.29, 1.82) is 0 Å². The van der Waals surface area contributed by atoms with Crippen LogP contribution in [-0.2, 0) is 0 Å². The Kier molecular flexibility index (Phi) is 11.4. The number of rotatable bonds is 14. The summed E-state index contributed by atoms with van der Waals surface area (Å²) < 4.78 is 1.23. The van der Waals surface area contributed by atoms with Crippen molar-refractivity contribution in [3.05, 3.63) is 23.9 Å². The maximum Gasteiger partial charge on any atom is 0.105 e. The van der Waals surface area contributed by atoms with Crippen molar-refractivity contribution in [1.82, 2.24) is 0 Å². The number of unbranched alkanes of at least 4 members (excludes halogenated alkanes) is 10. The molecule has 23 heavy (non-hydrogen) atoms. The van der Waals surface area contributed by atoms with Crippen molar-refractivity contribution in [2.24, 2.45) is 0 Å². The average molecular weight is 321 g/mol. The van der Waals surface area contributed by atoms with Crippen LogP contribution in [0.1, 0.15) is 97.8 Å². The van der Waals surface area contributed by atoms with Gasteiger partial charge in [0.2, 0.25) is 0 Å². The van der Waals surface area contributed by atoms with Gasteiger partial charge >= 0.3 is 0 Å². The SMILES string of the molecule is CCCCCCCC[N+]1(CCCCCCCC)C=CC=C(C)C1. The smallest absolute Gasteiger partial charge is 0.105 e. The van der Waals surface area contributed by atoms with Gasteiger partial charge in [0, 0.05) is 0 Å². The molecule has 0 aliphatic carbocycles. The largest absolute Gasteiger partial charge is 0.294 e. The third-order valence-corrected chi connectivity index (χ3v) is 5.26. The van der Waals surface area contributed by atoms with E-state index in [-0.39, 0.29) is 0 Å². The molecule has 0 aromatic carbocycles. The molecule has 0 saturated carbocycles. The second-order valence-electron chi connectivity index (χ2n) is 7.71. The Morgan fingerprint density at radius 2 is 1.22 bits per heavy atom. The fourth-order valence-corrected chi connectivity index (χ4v) is 3.83. The standard InChI is InChI=1S/C22H42N/c1-4-6-8-10-12-14-18-23(20-16-17-22(3)21-23)19-15-13-11-9-7-5-2/h16-17,20H,4-15,18-19,21H2,1-3H3/q+1. The second-order valence-corrected chi connectivity index (χ2v) is 7.71. The third-order valence-electron chi connectivity index (χ3n) is 5.26. The summed E-state index contributed by atoms with van der Waals surface area (Å²) in [4.78, 5) is 0. The van der Waals surface area contributed by atoms with Crippen LogP contribution in [0, 0.1) is 0 Å². The summed E-state index contributed by atoms with van der Waals surface area (Å²) in [5.74, 6) is 0. The van der Waals surface area contributed by atoms with Crippen molar-refractivity contribution < 1.29 is 4.48 Å². The molecule has 1 heterocycles. The molecule has 1 aliphatic rings. The Balaban J connectivity index is 2.30. The van der Waals surface area contributed by atoms with Crippen LogP contribution in [0.2, 0.25) is 0 Å². The quantitative estimate of drug-likeness (QED) is 0.239. The van der Waals surface area contributed by atoms with Gasteiger partial charge in [0.25, 0.3) is 0 Å². The molecule has 0 aromatic heterocycles.